The van der Waals surface area contributed by atoms with Gasteiger partial charge in [0, 0.05) is 41.0 Å². The lowest BCUT2D eigenvalue weighted by Crippen LogP contribution is -2.28. The Balaban J connectivity index is 1.76. The third kappa shape index (κ3) is 3.78. The number of hydrogen-bond donors (Lipinski definition) is 1. The number of hydrogen-bond acceptors (Lipinski definition) is 4. The quantitative estimate of drug-likeness (QED) is 0.636. The van der Waals surface area contributed by atoms with Crippen molar-refractivity contribution in [1.82, 2.24) is 0 Å². The van der Waals surface area contributed by atoms with E-state index in [1.807, 2.05) is 6.92 Å². The fraction of sp³-hybridized carbons (Fsp3) is 0.263. The van der Waals surface area contributed by atoms with E-state index in [1.165, 1.54) is 6.07 Å². The minimum atomic E-state index is -0.545. The Bertz CT molecular complexity index is 945. The second-order valence-corrected chi connectivity index (χ2v) is 6.94. The molecule has 2 aromatic rings. The molecule has 1 aliphatic heterocycles. The number of halogens is 1. The number of aryl methyl sites for hydroxylation is 1. The maximum Gasteiger partial charge on any atom is 0.274 e. The number of carbonyl (C=O) groups is 2. The molecule has 1 aliphatic rings. The number of nitro groups is 1. The van der Waals surface area contributed by atoms with E-state index in [-0.39, 0.29) is 30.5 Å². The number of benzene rings is 2. The average Bonchev–Trinajstić information content (AvgIpc) is 3.00. The van der Waals surface area contributed by atoms with Gasteiger partial charge in [0.05, 0.1) is 10.8 Å². The maximum absolute atomic E-state index is 12.6. The molecule has 140 valence electrons. The van der Waals surface area contributed by atoms with Crippen molar-refractivity contribution < 1.29 is 14.5 Å². The second-order valence-electron chi connectivity index (χ2n) is 6.54. The summed E-state index contributed by atoms with van der Waals surface area (Å²) in [5.41, 5.74) is 2.25. The molecule has 0 aromatic heterocycles. The first kappa shape index (κ1) is 18.8. The molecular weight excluding hydrogens is 370 g/mol. The van der Waals surface area contributed by atoms with Crippen LogP contribution in [0.3, 0.4) is 0 Å². The molecule has 0 saturated carbocycles. The minimum absolute atomic E-state index is 0.0634. The Morgan fingerprint density at radius 1 is 1.30 bits per heavy atom. The molecule has 27 heavy (non-hydrogen) atoms. The Morgan fingerprint density at radius 2 is 2.04 bits per heavy atom. The summed E-state index contributed by atoms with van der Waals surface area (Å²) >= 11 is 6.13. The van der Waals surface area contributed by atoms with E-state index in [0.29, 0.717) is 22.0 Å². The van der Waals surface area contributed by atoms with Crippen LogP contribution < -0.4 is 10.2 Å². The van der Waals surface area contributed by atoms with Gasteiger partial charge >= 0.3 is 0 Å². The van der Waals surface area contributed by atoms with Gasteiger partial charge in [-0.05, 0) is 37.6 Å². The average molecular weight is 388 g/mol. The highest BCUT2D eigenvalue weighted by atomic mass is 35.5. The fourth-order valence-electron chi connectivity index (χ4n) is 3.13. The molecule has 8 heteroatoms. The first-order valence-electron chi connectivity index (χ1n) is 8.39. The van der Waals surface area contributed by atoms with E-state index >= 15 is 0 Å². The van der Waals surface area contributed by atoms with E-state index in [9.17, 15) is 19.7 Å². The van der Waals surface area contributed by atoms with Crippen LogP contribution in [0.25, 0.3) is 0 Å². The molecule has 0 radical (unpaired) electrons. The van der Waals surface area contributed by atoms with Crippen LogP contribution in [0.15, 0.2) is 36.4 Å². The van der Waals surface area contributed by atoms with Crippen LogP contribution >= 0.6 is 11.6 Å². The number of rotatable bonds is 4. The van der Waals surface area contributed by atoms with Crippen LogP contribution in [-0.2, 0) is 9.59 Å². The van der Waals surface area contributed by atoms with Crippen molar-refractivity contribution in [3.05, 3.63) is 62.7 Å². The summed E-state index contributed by atoms with van der Waals surface area (Å²) in [6.45, 7) is 3.69. The van der Waals surface area contributed by atoms with Crippen LogP contribution in [0.2, 0.25) is 5.02 Å². The maximum atomic E-state index is 12.6. The van der Waals surface area contributed by atoms with Gasteiger partial charge in [0.25, 0.3) is 5.69 Å². The normalized spacial score (nSPS) is 16.5. The Morgan fingerprint density at radius 3 is 2.74 bits per heavy atom. The molecule has 1 heterocycles. The Hall–Kier alpha value is -2.93. The molecule has 1 atom stereocenters. The van der Waals surface area contributed by atoms with Crippen LogP contribution in [0.1, 0.15) is 17.5 Å². The first-order chi connectivity index (χ1) is 12.8. The van der Waals surface area contributed by atoms with Gasteiger partial charge in [-0.15, -0.1) is 0 Å². The topological polar surface area (TPSA) is 92.6 Å². The molecule has 0 aliphatic carbocycles. The van der Waals surface area contributed by atoms with E-state index < -0.39 is 10.8 Å². The van der Waals surface area contributed by atoms with Gasteiger partial charge in [-0.25, -0.2) is 0 Å². The minimum Gasteiger partial charge on any atom is -0.326 e. The highest BCUT2D eigenvalue weighted by Gasteiger charge is 2.36. The lowest BCUT2D eigenvalue weighted by molar-refractivity contribution is -0.385. The second kappa shape index (κ2) is 7.36. The number of nitrogens with zero attached hydrogens (tertiary/aromatic N) is 2. The molecule has 7 nitrogen and oxygen atoms in total. The number of amides is 2. The summed E-state index contributed by atoms with van der Waals surface area (Å²) in [6.07, 6.45) is 0.0751. The predicted octanol–water partition coefficient (Wildman–Crippen LogP) is 3.86. The zero-order valence-electron chi connectivity index (χ0n) is 14.9. The Kier molecular flexibility index (Phi) is 5.14. The summed E-state index contributed by atoms with van der Waals surface area (Å²) in [4.78, 5) is 37.1. The van der Waals surface area contributed by atoms with Crippen LogP contribution in [0.5, 0.6) is 0 Å². The summed E-state index contributed by atoms with van der Waals surface area (Å²) in [6, 6.07) is 9.81. The molecule has 2 amide bonds. The van der Waals surface area contributed by atoms with Crippen LogP contribution in [0, 0.1) is 29.9 Å². The lowest BCUT2D eigenvalue weighted by atomic mass is 10.1. The number of nitrogens with one attached hydrogen (secondary N) is 1. The molecule has 1 N–H and O–H groups in total. The zero-order valence-corrected chi connectivity index (χ0v) is 15.6. The largest absolute Gasteiger partial charge is 0.326 e. The number of carbonyl (C=O) groups excluding carboxylic acids is 2. The lowest BCUT2D eigenvalue weighted by Gasteiger charge is -2.19. The fourth-order valence-corrected chi connectivity index (χ4v) is 3.30. The van der Waals surface area contributed by atoms with Gasteiger partial charge in [-0.3, -0.25) is 19.7 Å². The van der Waals surface area contributed by atoms with Crippen molar-refractivity contribution in [2.45, 2.75) is 20.3 Å². The van der Waals surface area contributed by atoms with E-state index in [1.54, 1.807) is 42.2 Å². The van der Waals surface area contributed by atoms with Crippen LogP contribution in [0.4, 0.5) is 17.1 Å². The highest BCUT2D eigenvalue weighted by molar-refractivity contribution is 6.31. The number of nitro benzene ring substituents is 1. The van der Waals surface area contributed by atoms with Gasteiger partial charge < -0.3 is 10.2 Å². The van der Waals surface area contributed by atoms with Gasteiger partial charge in [0.1, 0.15) is 0 Å². The summed E-state index contributed by atoms with van der Waals surface area (Å²) < 4.78 is 0. The van der Waals surface area contributed by atoms with Crippen molar-refractivity contribution in [3.8, 4) is 0 Å². The van der Waals surface area contributed by atoms with E-state index in [2.05, 4.69) is 5.32 Å². The van der Waals surface area contributed by atoms with Crippen molar-refractivity contribution in [3.63, 3.8) is 0 Å². The third-order valence-electron chi connectivity index (χ3n) is 4.70. The van der Waals surface area contributed by atoms with Crippen LogP contribution in [-0.4, -0.2) is 23.3 Å². The van der Waals surface area contributed by atoms with Crippen molar-refractivity contribution in [2.75, 3.05) is 16.8 Å². The molecule has 0 unspecified atom stereocenters. The molecule has 0 spiro atoms. The van der Waals surface area contributed by atoms with Crippen molar-refractivity contribution >= 4 is 40.5 Å². The Labute approximate surface area is 161 Å². The molecule has 0 bridgehead atoms. The van der Waals surface area contributed by atoms with Gasteiger partial charge in [-0.1, -0.05) is 23.7 Å². The summed E-state index contributed by atoms with van der Waals surface area (Å²) in [7, 11) is 0. The molecule has 3 rings (SSSR count). The molecule has 1 fully saturated rings. The van der Waals surface area contributed by atoms with E-state index in [4.69, 9.17) is 11.6 Å². The van der Waals surface area contributed by atoms with Crippen molar-refractivity contribution in [2.24, 2.45) is 5.92 Å². The summed E-state index contributed by atoms with van der Waals surface area (Å²) in [5.74, 6) is -1.05. The van der Waals surface area contributed by atoms with Gasteiger partial charge in [0.2, 0.25) is 11.8 Å². The molecule has 1 saturated heterocycles. The summed E-state index contributed by atoms with van der Waals surface area (Å²) in [5, 5.41) is 14.3. The van der Waals surface area contributed by atoms with Crippen molar-refractivity contribution in [1.29, 1.82) is 0 Å². The highest BCUT2D eigenvalue weighted by Crippen LogP contribution is 2.32. The predicted molar refractivity (Wildman–Crippen MR) is 103 cm³/mol. The third-order valence-corrected chi connectivity index (χ3v) is 5.11. The smallest absolute Gasteiger partial charge is 0.274 e. The molecule has 2 aromatic carbocycles. The zero-order chi connectivity index (χ0) is 19.7. The standard InChI is InChI=1S/C19H18ClN3O4/c1-11-6-7-14(9-17(11)23(26)27)21-19(25)13-8-18(24)22(10-13)16-5-3-4-15(20)12(16)2/h3-7,9,13H,8,10H2,1-2H3,(H,21,25)/t13-/m0/s1. The number of anilines is 2. The van der Waals surface area contributed by atoms with Gasteiger partial charge in [-0.2, -0.15) is 0 Å². The SMILES string of the molecule is Cc1ccc(NC(=O)[C@H]2CC(=O)N(c3cccc(Cl)c3C)C2)cc1[N+](=O)[O-]. The first-order valence-corrected chi connectivity index (χ1v) is 8.77. The van der Waals surface area contributed by atoms with Gasteiger partial charge in [0.15, 0.2) is 0 Å². The monoisotopic (exact) mass is 387 g/mol. The molecular formula is C19H18ClN3O4. The van der Waals surface area contributed by atoms with E-state index in [0.717, 1.165) is 5.56 Å².